The maximum atomic E-state index is 12.6. The molecule has 1 aliphatic rings. The number of thioether (sulfide) groups is 1. The number of hydrogen-bond donors (Lipinski definition) is 1. The molecule has 1 N–H and O–H groups in total. The predicted octanol–water partition coefficient (Wildman–Crippen LogP) is 6.82. The summed E-state index contributed by atoms with van der Waals surface area (Å²) in [5.74, 6) is 0.541. The van der Waals surface area contributed by atoms with Crippen molar-refractivity contribution in [3.05, 3.63) is 110 Å². The highest BCUT2D eigenvalue weighted by Crippen LogP contribution is 2.37. The minimum absolute atomic E-state index is 0.255. The monoisotopic (exact) mass is 634 g/mol. The van der Waals surface area contributed by atoms with Gasteiger partial charge in [0.25, 0.3) is 11.8 Å². The second-order valence-corrected chi connectivity index (χ2v) is 10.5. The molecule has 0 bridgehead atoms. The van der Waals surface area contributed by atoms with E-state index in [1.165, 1.54) is 0 Å². The average Bonchev–Trinajstić information content (AvgIpc) is 3.26. The Morgan fingerprint density at radius 1 is 1.00 bits per heavy atom. The first-order chi connectivity index (χ1) is 18.5. The summed E-state index contributed by atoms with van der Waals surface area (Å²) in [5, 5.41) is 5.24. The molecule has 190 valence electrons. The van der Waals surface area contributed by atoms with Crippen LogP contribution in [0.2, 0.25) is 0 Å². The molecule has 1 aliphatic heterocycles. The van der Waals surface area contributed by atoms with Gasteiger partial charge in [0, 0.05) is 5.56 Å². The van der Waals surface area contributed by atoms with Crippen molar-refractivity contribution in [2.24, 2.45) is 4.99 Å². The van der Waals surface area contributed by atoms with Gasteiger partial charge < -0.3 is 14.8 Å². The number of rotatable bonds is 7. The average molecular weight is 634 g/mol. The number of amides is 2. The van der Waals surface area contributed by atoms with Gasteiger partial charge in [-0.3, -0.25) is 9.59 Å². The van der Waals surface area contributed by atoms with Gasteiger partial charge in [0.2, 0.25) is 0 Å². The summed E-state index contributed by atoms with van der Waals surface area (Å²) in [6.07, 6.45) is 1.76. The van der Waals surface area contributed by atoms with Gasteiger partial charge in [-0.05, 0) is 93.5 Å². The first-order valence-electron chi connectivity index (χ1n) is 12.0. The Morgan fingerprint density at radius 2 is 1.76 bits per heavy atom. The SMILES string of the molecule is CCOc1cc(/C=C2\SC(=NC(=O)c3ccccc3)NC2=O)cc(I)c1OCc1cccc2ccccc12. The molecule has 4 aromatic rings. The van der Waals surface area contributed by atoms with Crippen LogP contribution in [0.1, 0.15) is 28.4 Å². The number of carbonyl (C=O) groups excluding carboxylic acids is 2. The first-order valence-corrected chi connectivity index (χ1v) is 13.9. The van der Waals surface area contributed by atoms with Crippen molar-refractivity contribution in [2.75, 3.05) is 6.61 Å². The zero-order valence-electron chi connectivity index (χ0n) is 20.4. The molecule has 6 nitrogen and oxygen atoms in total. The third-order valence-electron chi connectivity index (χ3n) is 5.76. The van der Waals surface area contributed by atoms with Gasteiger partial charge in [-0.25, -0.2) is 0 Å². The fourth-order valence-electron chi connectivity index (χ4n) is 4.01. The van der Waals surface area contributed by atoms with Gasteiger partial charge in [0.15, 0.2) is 16.7 Å². The van der Waals surface area contributed by atoms with Crippen molar-refractivity contribution >= 4 is 68.2 Å². The summed E-state index contributed by atoms with van der Waals surface area (Å²) in [4.78, 5) is 29.5. The second kappa shape index (κ2) is 11.8. The minimum atomic E-state index is -0.407. The van der Waals surface area contributed by atoms with Crippen molar-refractivity contribution in [3.63, 3.8) is 0 Å². The molecule has 0 aromatic heterocycles. The van der Waals surface area contributed by atoms with E-state index in [-0.39, 0.29) is 11.1 Å². The van der Waals surface area contributed by atoms with Crippen LogP contribution >= 0.6 is 34.4 Å². The van der Waals surface area contributed by atoms with E-state index in [9.17, 15) is 9.59 Å². The Labute approximate surface area is 238 Å². The topological polar surface area (TPSA) is 77.0 Å². The van der Waals surface area contributed by atoms with Crippen molar-refractivity contribution < 1.29 is 19.1 Å². The molecule has 8 heteroatoms. The molecule has 5 rings (SSSR count). The van der Waals surface area contributed by atoms with E-state index < -0.39 is 5.91 Å². The van der Waals surface area contributed by atoms with Crippen molar-refractivity contribution in [1.82, 2.24) is 5.32 Å². The summed E-state index contributed by atoms with van der Waals surface area (Å²) >= 11 is 3.35. The highest BCUT2D eigenvalue weighted by molar-refractivity contribution is 14.1. The number of amidine groups is 1. The maximum absolute atomic E-state index is 12.6. The van der Waals surface area contributed by atoms with Crippen LogP contribution < -0.4 is 14.8 Å². The van der Waals surface area contributed by atoms with E-state index in [2.05, 4.69) is 57.2 Å². The lowest BCUT2D eigenvalue weighted by molar-refractivity contribution is -0.115. The summed E-state index contributed by atoms with van der Waals surface area (Å²) < 4.78 is 13.0. The molecule has 1 saturated heterocycles. The lowest BCUT2D eigenvalue weighted by atomic mass is 10.1. The number of carbonyl (C=O) groups is 2. The molecule has 0 saturated carbocycles. The number of aliphatic imine (C=N–C) groups is 1. The van der Waals surface area contributed by atoms with E-state index in [0.29, 0.717) is 35.2 Å². The lowest BCUT2D eigenvalue weighted by Crippen LogP contribution is -2.20. The number of fused-ring (bicyclic) bond motifs is 1. The number of ether oxygens (including phenoxy) is 2. The van der Waals surface area contributed by atoms with Crippen molar-refractivity contribution in [1.29, 1.82) is 0 Å². The lowest BCUT2D eigenvalue weighted by Gasteiger charge is -2.16. The molecule has 1 fully saturated rings. The summed E-state index contributed by atoms with van der Waals surface area (Å²) in [6.45, 7) is 2.78. The smallest absolute Gasteiger partial charge is 0.279 e. The summed E-state index contributed by atoms with van der Waals surface area (Å²) in [5.41, 5.74) is 2.33. The highest BCUT2D eigenvalue weighted by atomic mass is 127. The quantitative estimate of drug-likeness (QED) is 0.178. The maximum Gasteiger partial charge on any atom is 0.279 e. The molecule has 0 unspecified atom stereocenters. The standard InChI is InChI=1S/C30H23IN2O4S/c1-2-36-25-16-19(17-26-29(35)33-30(38-26)32-28(34)21-10-4-3-5-11-21)15-24(31)27(25)37-18-22-13-8-12-20-9-6-7-14-23(20)22/h3-17H,2,18H2,1H3,(H,32,33,34,35)/b26-17-. The highest BCUT2D eigenvalue weighted by Gasteiger charge is 2.25. The Morgan fingerprint density at radius 3 is 2.58 bits per heavy atom. The first kappa shape index (κ1) is 26.0. The zero-order chi connectivity index (χ0) is 26.5. The molecule has 1 heterocycles. The number of hydrogen-bond acceptors (Lipinski definition) is 5. The van der Waals surface area contributed by atoms with Gasteiger partial charge in [0.1, 0.15) is 6.61 Å². The van der Waals surface area contributed by atoms with Crippen molar-refractivity contribution in [3.8, 4) is 11.5 Å². The van der Waals surface area contributed by atoms with E-state index in [1.54, 1.807) is 30.3 Å². The van der Waals surface area contributed by atoms with Gasteiger partial charge in [0.05, 0.1) is 15.1 Å². The second-order valence-electron chi connectivity index (χ2n) is 8.34. The number of halogens is 1. The van der Waals surface area contributed by atoms with E-state index in [4.69, 9.17) is 9.47 Å². The Bertz CT molecular complexity index is 1580. The number of nitrogens with one attached hydrogen (secondary N) is 1. The third kappa shape index (κ3) is 5.92. The van der Waals surface area contributed by atoms with E-state index >= 15 is 0 Å². The molecule has 4 aromatic carbocycles. The fraction of sp³-hybridized carbons (Fsp3) is 0.100. The normalized spacial score (nSPS) is 15.2. The molecular weight excluding hydrogens is 611 g/mol. The molecule has 0 radical (unpaired) electrons. The van der Waals surface area contributed by atoms with Gasteiger partial charge in [-0.15, -0.1) is 0 Å². The molecule has 2 amide bonds. The van der Waals surface area contributed by atoms with Gasteiger partial charge >= 0.3 is 0 Å². The van der Waals surface area contributed by atoms with Gasteiger partial charge in [-0.1, -0.05) is 60.7 Å². The van der Waals surface area contributed by atoms with E-state index in [1.807, 2.05) is 43.3 Å². The van der Waals surface area contributed by atoms with Crippen LogP contribution in [0.15, 0.2) is 94.8 Å². The number of nitrogens with zero attached hydrogens (tertiary/aromatic N) is 1. The van der Waals surface area contributed by atoms with Crippen molar-refractivity contribution in [2.45, 2.75) is 13.5 Å². The summed E-state index contributed by atoms with van der Waals surface area (Å²) in [7, 11) is 0. The third-order valence-corrected chi connectivity index (χ3v) is 7.47. The van der Waals surface area contributed by atoms with Crippen LogP contribution in [-0.4, -0.2) is 23.6 Å². The predicted molar refractivity (Wildman–Crippen MR) is 161 cm³/mol. The zero-order valence-corrected chi connectivity index (χ0v) is 23.4. The Kier molecular flexibility index (Phi) is 8.09. The summed E-state index contributed by atoms with van der Waals surface area (Å²) in [6, 6.07) is 26.9. The van der Waals surface area contributed by atoms with Crippen LogP contribution in [0, 0.1) is 3.57 Å². The Balaban J connectivity index is 1.37. The molecule has 0 atom stereocenters. The van der Waals surface area contributed by atoms with E-state index in [0.717, 1.165) is 37.2 Å². The van der Waals surface area contributed by atoms with Crippen LogP contribution in [0.5, 0.6) is 11.5 Å². The van der Waals surface area contributed by atoms with Crippen LogP contribution in [0.25, 0.3) is 16.8 Å². The van der Waals surface area contributed by atoms with Crippen LogP contribution in [-0.2, 0) is 11.4 Å². The molecule has 0 aliphatic carbocycles. The van der Waals surface area contributed by atoms with Crippen LogP contribution in [0.3, 0.4) is 0 Å². The Hall–Kier alpha value is -3.63. The molecule has 0 spiro atoms. The molecule has 38 heavy (non-hydrogen) atoms. The largest absolute Gasteiger partial charge is 0.490 e. The molecular formula is C30H23IN2O4S. The minimum Gasteiger partial charge on any atom is -0.490 e. The fourth-order valence-corrected chi connectivity index (χ4v) is 5.61. The number of benzene rings is 4. The van der Waals surface area contributed by atoms with Crippen LogP contribution in [0.4, 0.5) is 0 Å². The van der Waals surface area contributed by atoms with Gasteiger partial charge in [-0.2, -0.15) is 4.99 Å².